The Balaban J connectivity index is 0.00000484. The second kappa shape index (κ2) is 13.2. The van der Waals surface area contributed by atoms with Gasteiger partial charge in [0.05, 0.1) is 6.10 Å². The maximum Gasteiger partial charge on any atom is 0.190 e. The Morgan fingerprint density at radius 3 is 2.43 bits per heavy atom. The van der Waals surface area contributed by atoms with Crippen molar-refractivity contribution in [3.63, 3.8) is 0 Å². The monoisotopic (exact) mass is 440 g/mol. The molecule has 2 N–H and O–H groups in total. The second-order valence-corrected chi connectivity index (χ2v) is 6.65. The zero-order chi connectivity index (χ0) is 16.4. The van der Waals surface area contributed by atoms with E-state index in [4.69, 9.17) is 4.74 Å². The molecule has 0 bridgehead atoms. The lowest BCUT2D eigenvalue weighted by atomic mass is 9.97. The van der Waals surface area contributed by atoms with Gasteiger partial charge in [-0.1, -0.05) is 13.8 Å². The summed E-state index contributed by atoms with van der Waals surface area (Å²) in [6.45, 7) is 11.6. The molecule has 1 aliphatic heterocycles. The van der Waals surface area contributed by atoms with Crippen molar-refractivity contribution in [3.8, 4) is 0 Å². The summed E-state index contributed by atoms with van der Waals surface area (Å²) in [7, 11) is 4.04. The van der Waals surface area contributed by atoms with Crippen LogP contribution in [0.3, 0.4) is 0 Å². The van der Waals surface area contributed by atoms with E-state index in [1.807, 2.05) is 7.05 Å². The molecule has 5 nitrogen and oxygen atoms in total. The van der Waals surface area contributed by atoms with E-state index in [1.165, 1.54) is 25.9 Å². The molecule has 0 radical (unpaired) electrons. The lowest BCUT2D eigenvalue weighted by Gasteiger charge is -2.29. The molecular weight excluding hydrogens is 403 g/mol. The van der Waals surface area contributed by atoms with E-state index in [2.05, 4.69) is 48.3 Å². The maximum atomic E-state index is 5.78. The van der Waals surface area contributed by atoms with E-state index in [-0.39, 0.29) is 24.0 Å². The van der Waals surface area contributed by atoms with Gasteiger partial charge in [-0.3, -0.25) is 4.99 Å². The molecule has 0 spiro atoms. The molecule has 0 amide bonds. The van der Waals surface area contributed by atoms with Gasteiger partial charge in [-0.2, -0.15) is 0 Å². The van der Waals surface area contributed by atoms with Gasteiger partial charge in [0.25, 0.3) is 0 Å². The summed E-state index contributed by atoms with van der Waals surface area (Å²) in [4.78, 5) is 6.72. The number of rotatable bonds is 8. The van der Waals surface area contributed by atoms with Crippen LogP contribution in [0.5, 0.6) is 0 Å². The topological polar surface area (TPSA) is 48.9 Å². The molecule has 0 saturated carbocycles. The molecule has 0 aromatic rings. The summed E-state index contributed by atoms with van der Waals surface area (Å²) in [5.41, 5.74) is 0. The minimum Gasteiger partial charge on any atom is -0.378 e. The first-order valence-corrected chi connectivity index (χ1v) is 8.81. The number of halogens is 1. The van der Waals surface area contributed by atoms with Crippen molar-refractivity contribution >= 4 is 29.9 Å². The van der Waals surface area contributed by atoms with Crippen LogP contribution in [0.15, 0.2) is 4.99 Å². The average Bonchev–Trinajstić information content (AvgIpc) is 2.51. The van der Waals surface area contributed by atoms with E-state index >= 15 is 0 Å². The fraction of sp³-hybridized carbons (Fsp3) is 0.941. The standard InChI is InChI=1S/C17H36N4O.HI/c1-6-22-16(14(2)3)7-10-19-17(18-4)20-13-15-8-11-21(5)12-9-15;/h14-16H,6-13H2,1-5H3,(H2,18,19,20);1H. The van der Waals surface area contributed by atoms with Crippen LogP contribution in [0.1, 0.15) is 40.0 Å². The van der Waals surface area contributed by atoms with Gasteiger partial charge in [0.1, 0.15) is 0 Å². The van der Waals surface area contributed by atoms with Gasteiger partial charge in [-0.25, -0.2) is 0 Å². The lowest BCUT2D eigenvalue weighted by molar-refractivity contribution is 0.0258. The Bertz CT molecular complexity index is 318. The number of guanidine groups is 1. The molecule has 23 heavy (non-hydrogen) atoms. The third-order valence-electron chi connectivity index (χ3n) is 4.47. The smallest absolute Gasteiger partial charge is 0.190 e. The van der Waals surface area contributed by atoms with E-state index < -0.39 is 0 Å². The summed E-state index contributed by atoms with van der Waals surface area (Å²) >= 11 is 0. The summed E-state index contributed by atoms with van der Waals surface area (Å²) < 4.78 is 5.78. The van der Waals surface area contributed by atoms with E-state index in [0.717, 1.165) is 38.0 Å². The predicted molar refractivity (Wildman–Crippen MR) is 110 cm³/mol. The molecule has 1 unspecified atom stereocenters. The van der Waals surface area contributed by atoms with Crippen molar-refractivity contribution in [3.05, 3.63) is 0 Å². The summed E-state index contributed by atoms with van der Waals surface area (Å²) in [6.07, 6.45) is 3.89. The molecule has 6 heteroatoms. The number of hydrogen-bond acceptors (Lipinski definition) is 3. The predicted octanol–water partition coefficient (Wildman–Crippen LogP) is 2.56. The zero-order valence-corrected chi connectivity index (χ0v) is 17.9. The van der Waals surface area contributed by atoms with Crippen molar-refractivity contribution in [1.29, 1.82) is 0 Å². The van der Waals surface area contributed by atoms with Gasteiger partial charge in [0.2, 0.25) is 0 Å². The molecule has 0 aromatic carbocycles. The van der Waals surface area contributed by atoms with Crippen LogP contribution >= 0.6 is 24.0 Å². The number of hydrogen-bond donors (Lipinski definition) is 2. The molecule has 138 valence electrons. The van der Waals surface area contributed by atoms with Gasteiger partial charge < -0.3 is 20.3 Å². The Morgan fingerprint density at radius 2 is 1.91 bits per heavy atom. The largest absolute Gasteiger partial charge is 0.378 e. The minimum atomic E-state index is 0. The lowest BCUT2D eigenvalue weighted by Crippen LogP contribution is -2.43. The van der Waals surface area contributed by atoms with E-state index in [0.29, 0.717) is 12.0 Å². The molecule has 1 fully saturated rings. The maximum absolute atomic E-state index is 5.78. The number of likely N-dealkylation sites (tertiary alicyclic amines) is 1. The van der Waals surface area contributed by atoms with Gasteiger partial charge >= 0.3 is 0 Å². The number of nitrogens with zero attached hydrogens (tertiary/aromatic N) is 2. The highest BCUT2D eigenvalue weighted by atomic mass is 127. The van der Waals surface area contributed by atoms with Crippen molar-refractivity contribution in [2.24, 2.45) is 16.8 Å². The Labute approximate surface area is 160 Å². The zero-order valence-electron chi connectivity index (χ0n) is 15.6. The molecule has 0 aromatic heterocycles. The third kappa shape index (κ3) is 9.72. The van der Waals surface area contributed by atoms with Crippen molar-refractivity contribution < 1.29 is 4.74 Å². The molecular formula is C17H37IN4O. The first-order chi connectivity index (χ1) is 10.6. The first kappa shape index (κ1) is 22.9. The fourth-order valence-corrected chi connectivity index (χ4v) is 2.88. The second-order valence-electron chi connectivity index (χ2n) is 6.65. The quantitative estimate of drug-likeness (QED) is 0.346. The number of nitrogens with one attached hydrogen (secondary N) is 2. The van der Waals surface area contributed by atoms with Crippen molar-refractivity contribution in [2.75, 3.05) is 46.9 Å². The van der Waals surface area contributed by atoms with Crippen LogP contribution in [-0.4, -0.2) is 63.8 Å². The molecule has 1 aliphatic rings. The van der Waals surface area contributed by atoms with Crippen LogP contribution in [0.4, 0.5) is 0 Å². The van der Waals surface area contributed by atoms with Crippen molar-refractivity contribution in [2.45, 2.75) is 46.1 Å². The van der Waals surface area contributed by atoms with Gasteiger partial charge in [0.15, 0.2) is 5.96 Å². The number of piperidine rings is 1. The fourth-order valence-electron chi connectivity index (χ4n) is 2.88. The minimum absolute atomic E-state index is 0. The summed E-state index contributed by atoms with van der Waals surface area (Å²) in [5, 5.41) is 6.88. The highest BCUT2D eigenvalue weighted by Crippen LogP contribution is 2.14. The van der Waals surface area contributed by atoms with Crippen LogP contribution in [-0.2, 0) is 4.74 Å². The third-order valence-corrected chi connectivity index (χ3v) is 4.47. The average molecular weight is 440 g/mol. The molecule has 0 aliphatic carbocycles. The highest BCUT2D eigenvalue weighted by Gasteiger charge is 2.17. The summed E-state index contributed by atoms with van der Waals surface area (Å²) in [5.74, 6) is 2.23. The number of aliphatic imine (C=N–C) groups is 1. The van der Waals surface area contributed by atoms with Gasteiger partial charge in [0, 0.05) is 26.7 Å². The molecule has 1 atom stereocenters. The van der Waals surface area contributed by atoms with Crippen LogP contribution in [0.2, 0.25) is 0 Å². The van der Waals surface area contributed by atoms with Crippen LogP contribution in [0, 0.1) is 11.8 Å². The number of ether oxygens (including phenoxy) is 1. The van der Waals surface area contributed by atoms with Crippen LogP contribution < -0.4 is 10.6 Å². The van der Waals surface area contributed by atoms with E-state index in [1.54, 1.807) is 0 Å². The molecule has 1 rings (SSSR count). The van der Waals surface area contributed by atoms with Crippen LogP contribution in [0.25, 0.3) is 0 Å². The Hall–Kier alpha value is -0.0800. The SMILES string of the molecule is CCOC(CCNC(=NC)NCC1CCN(C)CC1)C(C)C.I. The van der Waals surface area contributed by atoms with Gasteiger partial charge in [-0.15, -0.1) is 24.0 Å². The van der Waals surface area contributed by atoms with Crippen molar-refractivity contribution in [1.82, 2.24) is 15.5 Å². The Morgan fingerprint density at radius 1 is 1.26 bits per heavy atom. The summed E-state index contributed by atoms with van der Waals surface area (Å²) in [6, 6.07) is 0. The normalized spacial score (nSPS) is 18.6. The Kier molecular flexibility index (Phi) is 13.2. The molecule has 1 heterocycles. The van der Waals surface area contributed by atoms with Gasteiger partial charge in [-0.05, 0) is 58.2 Å². The first-order valence-electron chi connectivity index (χ1n) is 8.81. The van der Waals surface area contributed by atoms with E-state index in [9.17, 15) is 0 Å². The highest BCUT2D eigenvalue weighted by molar-refractivity contribution is 14.0. The molecule has 1 saturated heterocycles.